The minimum absolute atomic E-state index is 0.302. The van der Waals surface area contributed by atoms with E-state index in [1.165, 1.54) is 44.2 Å². The lowest BCUT2D eigenvalue weighted by Gasteiger charge is -2.25. The molecule has 1 atom stereocenters. The van der Waals surface area contributed by atoms with E-state index in [2.05, 4.69) is 10.4 Å². The van der Waals surface area contributed by atoms with Crippen molar-refractivity contribution in [1.29, 1.82) is 0 Å². The molecule has 1 heterocycles. The van der Waals surface area contributed by atoms with Gasteiger partial charge in [0, 0.05) is 11.6 Å². The third kappa shape index (κ3) is 4.42. The SMILES string of the molecule is CC[N+]1(Cc2cccc(C(F)(F)F)c2)C=C(NC2CCCCC2)C=N1. The Labute approximate surface area is 146 Å². The highest BCUT2D eigenvalue weighted by Crippen LogP contribution is 2.31. The zero-order valence-corrected chi connectivity index (χ0v) is 14.5. The molecule has 6 heteroatoms. The summed E-state index contributed by atoms with van der Waals surface area (Å²) in [6.45, 7) is 3.13. The fourth-order valence-corrected chi connectivity index (χ4v) is 3.59. The number of allylic oxidation sites excluding steroid dienone is 1. The molecule has 25 heavy (non-hydrogen) atoms. The van der Waals surface area contributed by atoms with E-state index < -0.39 is 11.7 Å². The van der Waals surface area contributed by atoms with Crippen molar-refractivity contribution < 1.29 is 17.8 Å². The van der Waals surface area contributed by atoms with Gasteiger partial charge < -0.3 is 5.32 Å². The molecule has 3 rings (SSSR count). The maximum Gasteiger partial charge on any atom is 0.416 e. The van der Waals surface area contributed by atoms with Gasteiger partial charge in [-0.2, -0.15) is 17.8 Å². The molecule has 1 aliphatic heterocycles. The van der Waals surface area contributed by atoms with Crippen LogP contribution in [0.1, 0.15) is 50.2 Å². The third-order valence-electron chi connectivity index (χ3n) is 5.04. The lowest BCUT2D eigenvalue weighted by atomic mass is 9.95. The average molecular weight is 352 g/mol. The first-order chi connectivity index (χ1) is 11.9. The number of nitrogens with one attached hydrogen (secondary N) is 1. The molecule has 0 radical (unpaired) electrons. The van der Waals surface area contributed by atoms with Crippen LogP contribution in [0.15, 0.2) is 41.3 Å². The Morgan fingerprint density at radius 3 is 2.64 bits per heavy atom. The van der Waals surface area contributed by atoms with Crippen LogP contribution in [-0.4, -0.2) is 23.4 Å². The minimum atomic E-state index is -4.31. The van der Waals surface area contributed by atoms with Gasteiger partial charge in [-0.1, -0.05) is 36.5 Å². The Hall–Kier alpha value is -1.82. The van der Waals surface area contributed by atoms with Gasteiger partial charge in [-0.25, -0.2) is 0 Å². The van der Waals surface area contributed by atoms with Crippen LogP contribution in [-0.2, 0) is 12.7 Å². The average Bonchev–Trinajstić information content (AvgIpc) is 2.98. The summed E-state index contributed by atoms with van der Waals surface area (Å²) in [4.78, 5) is 0. The lowest BCUT2D eigenvalue weighted by molar-refractivity contribution is -0.895. The van der Waals surface area contributed by atoms with Gasteiger partial charge >= 0.3 is 6.18 Å². The number of halogens is 3. The molecule has 1 saturated carbocycles. The van der Waals surface area contributed by atoms with Crippen molar-refractivity contribution in [2.45, 2.75) is 57.8 Å². The topological polar surface area (TPSA) is 24.4 Å². The van der Waals surface area contributed by atoms with Gasteiger partial charge in [0.25, 0.3) is 0 Å². The summed E-state index contributed by atoms with van der Waals surface area (Å²) < 4.78 is 39.1. The van der Waals surface area contributed by atoms with Gasteiger partial charge in [0.1, 0.15) is 31.2 Å². The van der Waals surface area contributed by atoms with Crippen molar-refractivity contribution in [3.63, 3.8) is 0 Å². The molecule has 1 aromatic carbocycles. The maximum atomic E-state index is 12.9. The summed E-state index contributed by atoms with van der Waals surface area (Å²) in [5.41, 5.74) is 1.02. The van der Waals surface area contributed by atoms with Crippen LogP contribution in [0.5, 0.6) is 0 Å². The molecular formula is C19H25F3N3+. The van der Waals surface area contributed by atoms with Crippen LogP contribution < -0.4 is 5.32 Å². The molecule has 0 aromatic heterocycles. The zero-order chi connectivity index (χ0) is 17.9. The molecule has 1 unspecified atom stereocenters. The number of benzene rings is 1. The molecule has 0 saturated heterocycles. The minimum Gasteiger partial charge on any atom is -0.377 e. The predicted octanol–water partition coefficient (Wildman–Crippen LogP) is 4.81. The smallest absolute Gasteiger partial charge is 0.377 e. The van der Waals surface area contributed by atoms with Gasteiger partial charge in [0.2, 0.25) is 0 Å². The quantitative estimate of drug-likeness (QED) is 0.756. The monoisotopic (exact) mass is 352 g/mol. The van der Waals surface area contributed by atoms with Crippen LogP contribution in [0, 0.1) is 0 Å². The molecule has 0 bridgehead atoms. The van der Waals surface area contributed by atoms with Gasteiger partial charge in [0.05, 0.1) is 5.56 Å². The lowest BCUT2D eigenvalue weighted by Crippen LogP contribution is -2.35. The maximum absolute atomic E-state index is 12.9. The number of alkyl halides is 3. The summed E-state index contributed by atoms with van der Waals surface area (Å²) in [6.07, 6.45) is 5.69. The largest absolute Gasteiger partial charge is 0.416 e. The van der Waals surface area contributed by atoms with E-state index in [1.807, 2.05) is 19.3 Å². The summed E-state index contributed by atoms with van der Waals surface area (Å²) >= 11 is 0. The summed E-state index contributed by atoms with van der Waals surface area (Å²) in [7, 11) is 0. The highest BCUT2D eigenvalue weighted by Gasteiger charge is 2.33. The Morgan fingerprint density at radius 1 is 1.20 bits per heavy atom. The van der Waals surface area contributed by atoms with Crippen molar-refractivity contribution in [2.24, 2.45) is 5.10 Å². The van der Waals surface area contributed by atoms with E-state index >= 15 is 0 Å². The van der Waals surface area contributed by atoms with E-state index in [0.717, 1.165) is 11.8 Å². The standard InChI is InChI=1S/C19H25F3N3/c1-2-25(13-15-7-6-8-16(11-15)19(20,21)22)14-18(12-23-25)24-17-9-4-3-5-10-17/h6-8,11-12,14,17,24H,2-5,9-10,13H2,1H3/q+1. The number of rotatable bonds is 5. The van der Waals surface area contributed by atoms with Gasteiger partial charge in [-0.3, -0.25) is 0 Å². The summed E-state index contributed by atoms with van der Waals surface area (Å²) in [5, 5.41) is 8.14. The van der Waals surface area contributed by atoms with Crippen LogP contribution in [0.25, 0.3) is 0 Å². The molecule has 0 spiro atoms. The second-order valence-electron chi connectivity index (χ2n) is 6.97. The number of quaternary nitrogens is 1. The molecule has 1 aromatic rings. The predicted molar refractivity (Wildman–Crippen MR) is 92.5 cm³/mol. The van der Waals surface area contributed by atoms with Crippen molar-refractivity contribution in [3.8, 4) is 0 Å². The molecule has 0 amide bonds. The normalized spacial score (nSPS) is 24.4. The van der Waals surface area contributed by atoms with Crippen LogP contribution in [0.3, 0.4) is 0 Å². The third-order valence-corrected chi connectivity index (χ3v) is 5.04. The highest BCUT2D eigenvalue weighted by atomic mass is 19.4. The molecule has 1 N–H and O–H groups in total. The molecular weight excluding hydrogens is 327 g/mol. The first kappa shape index (κ1) is 18.0. The van der Waals surface area contributed by atoms with E-state index in [0.29, 0.717) is 29.3 Å². The van der Waals surface area contributed by atoms with E-state index in [4.69, 9.17) is 0 Å². The van der Waals surface area contributed by atoms with E-state index in [-0.39, 0.29) is 0 Å². The first-order valence-corrected chi connectivity index (χ1v) is 8.98. The van der Waals surface area contributed by atoms with Crippen molar-refractivity contribution in [1.82, 2.24) is 5.32 Å². The van der Waals surface area contributed by atoms with Crippen LogP contribution >= 0.6 is 0 Å². The Balaban J connectivity index is 1.73. The van der Waals surface area contributed by atoms with E-state index in [9.17, 15) is 13.2 Å². The van der Waals surface area contributed by atoms with Crippen LogP contribution in [0.2, 0.25) is 0 Å². The Bertz CT molecular complexity index is 660. The zero-order valence-electron chi connectivity index (χ0n) is 14.5. The number of hydrogen-bond donors (Lipinski definition) is 1. The fraction of sp³-hybridized carbons (Fsp3) is 0.526. The Kier molecular flexibility index (Phi) is 5.18. The number of hydrogen-bond acceptors (Lipinski definition) is 2. The molecule has 2 aliphatic rings. The molecule has 1 aliphatic carbocycles. The second-order valence-corrected chi connectivity index (χ2v) is 6.97. The van der Waals surface area contributed by atoms with E-state index in [1.54, 1.807) is 6.07 Å². The number of nitrogens with zero attached hydrogens (tertiary/aromatic N) is 2. The van der Waals surface area contributed by atoms with Crippen LogP contribution in [0.4, 0.5) is 13.2 Å². The molecule has 3 nitrogen and oxygen atoms in total. The van der Waals surface area contributed by atoms with Crippen molar-refractivity contribution >= 4 is 6.21 Å². The van der Waals surface area contributed by atoms with Crippen molar-refractivity contribution in [2.75, 3.05) is 6.54 Å². The van der Waals surface area contributed by atoms with Crippen molar-refractivity contribution in [3.05, 3.63) is 47.3 Å². The second kappa shape index (κ2) is 7.20. The van der Waals surface area contributed by atoms with Gasteiger partial charge in [0.15, 0.2) is 0 Å². The van der Waals surface area contributed by atoms with Gasteiger partial charge in [-0.15, -0.1) is 0 Å². The summed E-state index contributed by atoms with van der Waals surface area (Å²) in [6, 6.07) is 6.03. The highest BCUT2D eigenvalue weighted by molar-refractivity contribution is 5.78. The molecule has 136 valence electrons. The summed E-state index contributed by atoms with van der Waals surface area (Å²) in [5.74, 6) is 0. The molecule has 1 fully saturated rings. The fourth-order valence-electron chi connectivity index (χ4n) is 3.59. The van der Waals surface area contributed by atoms with Gasteiger partial charge in [-0.05, 0) is 31.9 Å². The Morgan fingerprint density at radius 2 is 1.96 bits per heavy atom. The first-order valence-electron chi connectivity index (χ1n) is 8.98.